The number of β-amino-alcohol motifs (C(OH)–C–C–N with tert-alkyl or cyclic N) is 1. The summed E-state index contributed by atoms with van der Waals surface area (Å²) in [5.41, 5.74) is 0.0302. The van der Waals surface area contributed by atoms with Gasteiger partial charge in [0.2, 0.25) is 0 Å². The Hall–Kier alpha value is -1.27. The Bertz CT molecular complexity index is 564. The van der Waals surface area contributed by atoms with Crippen LogP contribution in [0.5, 0.6) is 0 Å². The molecule has 0 spiro atoms. The SMILES string of the molecule is OC(CC1CCCCC1)CN1CCN(c2cccc(C(F)(F)F)c2)CC1. The maximum atomic E-state index is 12.9. The van der Waals surface area contributed by atoms with E-state index >= 15 is 0 Å². The van der Waals surface area contributed by atoms with E-state index in [-0.39, 0.29) is 6.10 Å². The zero-order valence-corrected chi connectivity index (χ0v) is 15.2. The minimum absolute atomic E-state index is 0.293. The Balaban J connectivity index is 1.46. The van der Waals surface area contributed by atoms with Crippen molar-refractivity contribution in [2.24, 2.45) is 5.92 Å². The van der Waals surface area contributed by atoms with Crippen LogP contribution in [0.15, 0.2) is 24.3 Å². The summed E-state index contributed by atoms with van der Waals surface area (Å²) in [4.78, 5) is 4.23. The first-order chi connectivity index (χ1) is 12.4. The van der Waals surface area contributed by atoms with Crippen molar-refractivity contribution < 1.29 is 18.3 Å². The summed E-state index contributed by atoms with van der Waals surface area (Å²) in [5, 5.41) is 10.4. The molecule has 2 fully saturated rings. The van der Waals surface area contributed by atoms with Gasteiger partial charge < -0.3 is 10.0 Å². The van der Waals surface area contributed by atoms with Crippen LogP contribution >= 0.6 is 0 Å². The van der Waals surface area contributed by atoms with E-state index < -0.39 is 11.7 Å². The number of anilines is 1. The van der Waals surface area contributed by atoms with E-state index in [0.717, 1.165) is 25.6 Å². The summed E-state index contributed by atoms with van der Waals surface area (Å²) in [5.74, 6) is 0.658. The molecule has 1 aliphatic heterocycles. The van der Waals surface area contributed by atoms with Crippen molar-refractivity contribution in [1.29, 1.82) is 0 Å². The fourth-order valence-electron chi connectivity index (χ4n) is 4.25. The van der Waals surface area contributed by atoms with Crippen LogP contribution in [0.4, 0.5) is 18.9 Å². The van der Waals surface area contributed by atoms with Crippen LogP contribution in [0.2, 0.25) is 0 Å². The van der Waals surface area contributed by atoms with Gasteiger partial charge >= 0.3 is 6.18 Å². The van der Waals surface area contributed by atoms with Gasteiger partial charge in [-0.05, 0) is 30.5 Å². The lowest BCUT2D eigenvalue weighted by Crippen LogP contribution is -2.48. The second-order valence-corrected chi connectivity index (χ2v) is 7.73. The highest BCUT2D eigenvalue weighted by Crippen LogP contribution is 2.32. The third kappa shape index (κ3) is 5.36. The van der Waals surface area contributed by atoms with Crippen LogP contribution < -0.4 is 4.90 Å². The summed E-state index contributed by atoms with van der Waals surface area (Å²) in [7, 11) is 0. The third-order valence-electron chi connectivity index (χ3n) is 5.71. The molecule has 1 aromatic carbocycles. The standard InChI is InChI=1S/C20H29F3N2O/c21-20(22,23)17-7-4-8-18(14-17)25-11-9-24(10-12-25)15-19(26)13-16-5-2-1-3-6-16/h4,7-8,14,16,19,26H,1-3,5-6,9-13,15H2. The van der Waals surface area contributed by atoms with E-state index in [0.29, 0.717) is 31.2 Å². The van der Waals surface area contributed by atoms with Gasteiger partial charge in [0.05, 0.1) is 11.7 Å². The highest BCUT2D eigenvalue weighted by Gasteiger charge is 2.31. The molecule has 1 saturated carbocycles. The molecule has 1 aromatic rings. The summed E-state index contributed by atoms with van der Waals surface area (Å²) in [6, 6.07) is 5.55. The Morgan fingerprint density at radius 1 is 1.04 bits per heavy atom. The topological polar surface area (TPSA) is 26.7 Å². The summed E-state index contributed by atoms with van der Waals surface area (Å²) >= 11 is 0. The predicted molar refractivity (Wildman–Crippen MR) is 97.3 cm³/mol. The fraction of sp³-hybridized carbons (Fsp3) is 0.700. The van der Waals surface area contributed by atoms with Crippen molar-refractivity contribution in [3.05, 3.63) is 29.8 Å². The van der Waals surface area contributed by atoms with Crippen molar-refractivity contribution in [2.45, 2.75) is 50.8 Å². The number of aliphatic hydroxyl groups is 1. The minimum atomic E-state index is -4.30. The lowest BCUT2D eigenvalue weighted by Gasteiger charge is -2.37. The lowest BCUT2D eigenvalue weighted by atomic mass is 9.85. The van der Waals surface area contributed by atoms with Gasteiger partial charge in [-0.1, -0.05) is 38.2 Å². The quantitative estimate of drug-likeness (QED) is 0.843. The van der Waals surface area contributed by atoms with Gasteiger partial charge in [-0.15, -0.1) is 0 Å². The molecule has 146 valence electrons. The van der Waals surface area contributed by atoms with E-state index in [1.807, 2.05) is 4.90 Å². The van der Waals surface area contributed by atoms with Gasteiger partial charge in [-0.25, -0.2) is 0 Å². The van der Waals surface area contributed by atoms with Crippen molar-refractivity contribution >= 4 is 5.69 Å². The lowest BCUT2D eigenvalue weighted by molar-refractivity contribution is -0.137. The van der Waals surface area contributed by atoms with Crippen molar-refractivity contribution in [3.8, 4) is 0 Å². The van der Waals surface area contributed by atoms with Crippen LogP contribution in [0.1, 0.15) is 44.1 Å². The van der Waals surface area contributed by atoms with Crippen LogP contribution in [-0.4, -0.2) is 48.8 Å². The third-order valence-corrected chi connectivity index (χ3v) is 5.71. The zero-order valence-electron chi connectivity index (χ0n) is 15.2. The Labute approximate surface area is 153 Å². The smallest absolute Gasteiger partial charge is 0.392 e. The van der Waals surface area contributed by atoms with Crippen molar-refractivity contribution in [3.63, 3.8) is 0 Å². The van der Waals surface area contributed by atoms with Gasteiger partial charge in [0.1, 0.15) is 0 Å². The molecule has 1 saturated heterocycles. The zero-order chi connectivity index (χ0) is 18.6. The molecule has 26 heavy (non-hydrogen) atoms. The maximum Gasteiger partial charge on any atom is 0.416 e. The Kier molecular flexibility index (Phi) is 6.46. The van der Waals surface area contributed by atoms with Crippen LogP contribution in [-0.2, 0) is 6.18 Å². The highest BCUT2D eigenvalue weighted by atomic mass is 19.4. The first-order valence-corrected chi connectivity index (χ1v) is 9.74. The van der Waals surface area contributed by atoms with Gasteiger partial charge in [-0.2, -0.15) is 13.2 Å². The molecule has 0 amide bonds. The number of benzene rings is 1. The van der Waals surface area contributed by atoms with Gasteiger partial charge in [-0.3, -0.25) is 4.90 Å². The Morgan fingerprint density at radius 2 is 1.73 bits per heavy atom. The monoisotopic (exact) mass is 370 g/mol. The Morgan fingerprint density at radius 3 is 2.38 bits per heavy atom. The molecule has 0 radical (unpaired) electrons. The second-order valence-electron chi connectivity index (χ2n) is 7.73. The highest BCUT2D eigenvalue weighted by molar-refractivity contribution is 5.49. The summed E-state index contributed by atoms with van der Waals surface area (Å²) < 4.78 is 38.6. The second kappa shape index (κ2) is 8.61. The first-order valence-electron chi connectivity index (χ1n) is 9.74. The molecular formula is C20H29F3N2O. The van der Waals surface area contributed by atoms with E-state index in [9.17, 15) is 18.3 Å². The number of halogens is 3. The number of rotatable bonds is 5. The molecule has 1 unspecified atom stereocenters. The van der Waals surface area contributed by atoms with Gasteiger partial charge in [0.15, 0.2) is 0 Å². The number of alkyl halides is 3. The van der Waals surface area contributed by atoms with Crippen molar-refractivity contribution in [2.75, 3.05) is 37.6 Å². The number of hydrogen-bond donors (Lipinski definition) is 1. The largest absolute Gasteiger partial charge is 0.416 e. The minimum Gasteiger partial charge on any atom is -0.392 e. The fourth-order valence-corrected chi connectivity index (χ4v) is 4.25. The summed E-state index contributed by atoms with van der Waals surface area (Å²) in [6.07, 6.45) is 2.65. The molecule has 3 rings (SSSR count). The number of aliphatic hydroxyl groups excluding tert-OH is 1. The molecule has 3 nitrogen and oxygen atoms in total. The molecule has 0 aromatic heterocycles. The molecule has 1 atom stereocenters. The molecule has 6 heteroatoms. The van der Waals surface area contributed by atoms with E-state index in [2.05, 4.69) is 4.90 Å². The molecular weight excluding hydrogens is 341 g/mol. The maximum absolute atomic E-state index is 12.9. The number of hydrogen-bond acceptors (Lipinski definition) is 3. The molecule has 1 N–H and O–H groups in total. The summed E-state index contributed by atoms with van der Waals surface area (Å²) in [6.45, 7) is 3.61. The predicted octanol–water partition coefficient (Wildman–Crippen LogP) is 4.16. The molecule has 1 aliphatic carbocycles. The van der Waals surface area contributed by atoms with E-state index in [1.165, 1.54) is 44.2 Å². The first kappa shape index (κ1) is 19.5. The van der Waals surface area contributed by atoms with Gasteiger partial charge in [0.25, 0.3) is 0 Å². The molecule has 2 aliphatic rings. The van der Waals surface area contributed by atoms with Crippen LogP contribution in [0.3, 0.4) is 0 Å². The van der Waals surface area contributed by atoms with Crippen molar-refractivity contribution in [1.82, 2.24) is 4.90 Å². The molecule has 0 bridgehead atoms. The number of piperazine rings is 1. The average Bonchev–Trinajstić information content (AvgIpc) is 2.62. The molecule has 1 heterocycles. The van der Waals surface area contributed by atoms with E-state index in [1.54, 1.807) is 6.07 Å². The normalized spacial score (nSPS) is 21.8. The van der Waals surface area contributed by atoms with Gasteiger partial charge in [0, 0.05) is 38.4 Å². The van der Waals surface area contributed by atoms with E-state index in [4.69, 9.17) is 0 Å². The van der Waals surface area contributed by atoms with Crippen LogP contribution in [0.25, 0.3) is 0 Å². The average molecular weight is 370 g/mol. The number of nitrogens with zero attached hydrogens (tertiary/aromatic N) is 2. The van der Waals surface area contributed by atoms with Crippen LogP contribution in [0, 0.1) is 5.92 Å².